The second-order valence-corrected chi connectivity index (χ2v) is 5.08. The van der Waals surface area contributed by atoms with Crippen molar-refractivity contribution in [3.63, 3.8) is 0 Å². The van der Waals surface area contributed by atoms with Gasteiger partial charge in [-0.3, -0.25) is 4.68 Å². The Labute approximate surface area is 112 Å². The first-order valence-corrected chi connectivity index (χ1v) is 7.06. The fraction of sp³-hybridized carbons (Fsp3) is 0.462. The van der Waals surface area contributed by atoms with Crippen molar-refractivity contribution in [2.75, 3.05) is 13.2 Å². The Bertz CT molecular complexity index is 478. The number of nitrogens with one attached hydrogen (secondary N) is 1. The first-order valence-electron chi connectivity index (χ1n) is 6.18. The minimum Gasteiger partial charge on any atom is -0.489 e. The van der Waals surface area contributed by atoms with E-state index in [0.717, 1.165) is 25.4 Å². The molecule has 0 amide bonds. The number of hydrogen-bond donors (Lipinski definition) is 1. The van der Waals surface area contributed by atoms with Gasteiger partial charge in [-0.25, -0.2) is 0 Å². The fourth-order valence-corrected chi connectivity index (χ4v) is 2.50. The van der Waals surface area contributed by atoms with Crippen molar-refractivity contribution in [3.05, 3.63) is 34.3 Å². The fourth-order valence-electron chi connectivity index (χ4n) is 1.62. The lowest BCUT2D eigenvalue weighted by Crippen LogP contribution is -2.20. The number of nitrogens with zero attached hydrogens (tertiary/aromatic N) is 2. The molecule has 18 heavy (non-hydrogen) atoms. The molecule has 0 aliphatic heterocycles. The van der Waals surface area contributed by atoms with Crippen LogP contribution >= 0.6 is 11.3 Å². The molecule has 0 atom stereocenters. The van der Waals surface area contributed by atoms with E-state index in [0.29, 0.717) is 6.61 Å². The van der Waals surface area contributed by atoms with Gasteiger partial charge < -0.3 is 10.1 Å². The van der Waals surface area contributed by atoms with Crippen molar-refractivity contribution in [1.29, 1.82) is 0 Å². The molecule has 2 rings (SSSR count). The van der Waals surface area contributed by atoms with Gasteiger partial charge in [0.05, 0.1) is 12.4 Å². The van der Waals surface area contributed by atoms with E-state index in [1.807, 2.05) is 10.9 Å². The predicted molar refractivity (Wildman–Crippen MR) is 74.2 cm³/mol. The lowest BCUT2D eigenvalue weighted by Gasteiger charge is -2.05. The average Bonchev–Trinajstić information content (AvgIpc) is 2.98. The van der Waals surface area contributed by atoms with Crippen LogP contribution in [0.2, 0.25) is 0 Å². The molecule has 0 aliphatic carbocycles. The van der Waals surface area contributed by atoms with Crippen LogP contribution in [-0.2, 0) is 13.1 Å². The highest BCUT2D eigenvalue weighted by Crippen LogP contribution is 2.14. The Hall–Kier alpha value is -1.33. The summed E-state index contributed by atoms with van der Waals surface area (Å²) in [6.45, 7) is 7.50. The molecule has 0 spiro atoms. The molecule has 0 aromatic carbocycles. The topological polar surface area (TPSA) is 39.1 Å². The SMILES string of the molecule is CCn1cc(OCCNCc2sccc2C)cn1. The molecule has 0 saturated carbocycles. The van der Waals surface area contributed by atoms with Gasteiger partial charge >= 0.3 is 0 Å². The van der Waals surface area contributed by atoms with E-state index in [2.05, 4.69) is 35.7 Å². The van der Waals surface area contributed by atoms with Crippen LogP contribution < -0.4 is 10.1 Å². The monoisotopic (exact) mass is 265 g/mol. The zero-order chi connectivity index (χ0) is 12.8. The number of ether oxygens (including phenoxy) is 1. The maximum Gasteiger partial charge on any atom is 0.157 e. The van der Waals surface area contributed by atoms with Crippen LogP contribution in [0.25, 0.3) is 0 Å². The molecule has 2 heterocycles. The second kappa shape index (κ2) is 6.56. The van der Waals surface area contributed by atoms with E-state index in [1.165, 1.54) is 10.4 Å². The largest absolute Gasteiger partial charge is 0.489 e. The maximum atomic E-state index is 5.60. The van der Waals surface area contributed by atoms with Gasteiger partial charge in [0.25, 0.3) is 0 Å². The lowest BCUT2D eigenvalue weighted by molar-refractivity contribution is 0.313. The number of thiophene rings is 1. The van der Waals surface area contributed by atoms with Gasteiger partial charge in [0, 0.05) is 24.5 Å². The van der Waals surface area contributed by atoms with Gasteiger partial charge in [0.2, 0.25) is 0 Å². The molecular weight excluding hydrogens is 246 g/mol. The molecule has 0 saturated heterocycles. The number of aryl methyl sites for hydroxylation is 2. The smallest absolute Gasteiger partial charge is 0.157 e. The molecule has 0 radical (unpaired) electrons. The summed E-state index contributed by atoms with van der Waals surface area (Å²) in [5.74, 6) is 0.839. The molecule has 2 aromatic rings. The summed E-state index contributed by atoms with van der Waals surface area (Å²) in [4.78, 5) is 1.40. The molecule has 1 N–H and O–H groups in total. The van der Waals surface area contributed by atoms with Gasteiger partial charge in [-0.15, -0.1) is 11.3 Å². The minimum atomic E-state index is 0.666. The number of aromatic nitrogens is 2. The third-order valence-electron chi connectivity index (χ3n) is 2.73. The van der Waals surface area contributed by atoms with Crippen LogP contribution in [0.5, 0.6) is 5.75 Å². The van der Waals surface area contributed by atoms with Crippen molar-refractivity contribution in [2.45, 2.75) is 26.9 Å². The summed E-state index contributed by atoms with van der Waals surface area (Å²) in [7, 11) is 0. The summed E-state index contributed by atoms with van der Waals surface area (Å²) in [6, 6.07) is 2.15. The van der Waals surface area contributed by atoms with Crippen LogP contribution in [0.4, 0.5) is 0 Å². The summed E-state index contributed by atoms with van der Waals surface area (Å²) in [5, 5.41) is 9.66. The Kier molecular flexibility index (Phi) is 4.78. The average molecular weight is 265 g/mol. The first kappa shape index (κ1) is 13.1. The summed E-state index contributed by atoms with van der Waals surface area (Å²) < 4.78 is 7.45. The Morgan fingerprint density at radius 3 is 3.06 bits per heavy atom. The Balaban J connectivity index is 1.63. The van der Waals surface area contributed by atoms with Gasteiger partial charge in [0.1, 0.15) is 6.61 Å². The van der Waals surface area contributed by atoms with Crippen molar-refractivity contribution in [3.8, 4) is 5.75 Å². The van der Waals surface area contributed by atoms with E-state index in [-0.39, 0.29) is 0 Å². The first-order chi connectivity index (χ1) is 8.79. The Morgan fingerprint density at radius 2 is 2.39 bits per heavy atom. The van der Waals surface area contributed by atoms with Gasteiger partial charge in [0.15, 0.2) is 5.75 Å². The van der Waals surface area contributed by atoms with Crippen LogP contribution in [0.15, 0.2) is 23.8 Å². The Morgan fingerprint density at radius 1 is 1.50 bits per heavy atom. The normalized spacial score (nSPS) is 10.8. The molecule has 98 valence electrons. The van der Waals surface area contributed by atoms with Crippen molar-refractivity contribution >= 4 is 11.3 Å². The second-order valence-electron chi connectivity index (χ2n) is 4.08. The van der Waals surface area contributed by atoms with Crippen LogP contribution in [0.1, 0.15) is 17.4 Å². The molecule has 2 aromatic heterocycles. The van der Waals surface area contributed by atoms with Gasteiger partial charge in [-0.1, -0.05) is 0 Å². The zero-order valence-corrected chi connectivity index (χ0v) is 11.7. The number of hydrogen-bond acceptors (Lipinski definition) is 4. The van der Waals surface area contributed by atoms with Gasteiger partial charge in [-0.05, 0) is 30.9 Å². The summed E-state index contributed by atoms with van der Waals surface area (Å²) in [6.07, 6.45) is 3.68. The molecule has 4 nitrogen and oxygen atoms in total. The summed E-state index contributed by atoms with van der Waals surface area (Å²) >= 11 is 1.79. The van der Waals surface area contributed by atoms with E-state index >= 15 is 0 Å². The molecule has 0 bridgehead atoms. The van der Waals surface area contributed by atoms with E-state index in [9.17, 15) is 0 Å². The standard InChI is InChI=1S/C13H19N3OS/c1-3-16-10-12(8-15-16)17-6-5-14-9-13-11(2)4-7-18-13/h4,7-8,10,14H,3,5-6,9H2,1-2H3. The molecular formula is C13H19N3OS. The van der Waals surface area contributed by atoms with Crippen LogP contribution in [-0.4, -0.2) is 22.9 Å². The molecule has 0 fully saturated rings. The zero-order valence-electron chi connectivity index (χ0n) is 10.8. The molecule has 0 unspecified atom stereocenters. The van der Waals surface area contributed by atoms with Crippen LogP contribution in [0, 0.1) is 6.92 Å². The highest BCUT2D eigenvalue weighted by molar-refractivity contribution is 7.10. The van der Waals surface area contributed by atoms with Gasteiger partial charge in [-0.2, -0.15) is 5.10 Å². The summed E-state index contributed by atoms with van der Waals surface area (Å²) in [5.41, 5.74) is 1.36. The predicted octanol–water partition coefficient (Wildman–Crippen LogP) is 2.44. The third kappa shape index (κ3) is 3.58. The number of rotatable bonds is 7. The quantitative estimate of drug-likeness (QED) is 0.782. The molecule has 0 aliphatic rings. The highest BCUT2D eigenvalue weighted by atomic mass is 32.1. The van der Waals surface area contributed by atoms with Crippen LogP contribution in [0.3, 0.4) is 0 Å². The van der Waals surface area contributed by atoms with Crippen molar-refractivity contribution < 1.29 is 4.74 Å². The minimum absolute atomic E-state index is 0.666. The van der Waals surface area contributed by atoms with E-state index < -0.39 is 0 Å². The lowest BCUT2D eigenvalue weighted by atomic mass is 10.3. The third-order valence-corrected chi connectivity index (χ3v) is 3.76. The van der Waals surface area contributed by atoms with E-state index in [1.54, 1.807) is 17.5 Å². The molecule has 5 heteroatoms. The van der Waals surface area contributed by atoms with E-state index in [4.69, 9.17) is 4.74 Å². The van der Waals surface area contributed by atoms with Crippen molar-refractivity contribution in [1.82, 2.24) is 15.1 Å². The van der Waals surface area contributed by atoms with Crippen molar-refractivity contribution in [2.24, 2.45) is 0 Å². The highest BCUT2D eigenvalue weighted by Gasteiger charge is 2.00. The maximum absolute atomic E-state index is 5.60.